The molecule has 2 heterocycles. The van der Waals surface area contributed by atoms with E-state index in [1.165, 1.54) is 11.8 Å². The minimum Gasteiger partial charge on any atom is -0.345 e. The van der Waals surface area contributed by atoms with Gasteiger partial charge in [-0.05, 0) is 13.3 Å². The summed E-state index contributed by atoms with van der Waals surface area (Å²) < 4.78 is 0.899. The summed E-state index contributed by atoms with van der Waals surface area (Å²) in [5.74, 6) is 0.211. The third kappa shape index (κ3) is 1.90. The number of amides is 1. The van der Waals surface area contributed by atoms with Gasteiger partial charge in [-0.15, -0.1) is 10.2 Å². The van der Waals surface area contributed by atoms with Crippen molar-refractivity contribution in [1.82, 2.24) is 15.1 Å². The van der Waals surface area contributed by atoms with Crippen LogP contribution in [0.5, 0.6) is 0 Å². The van der Waals surface area contributed by atoms with Gasteiger partial charge in [0.15, 0.2) is 4.34 Å². The van der Waals surface area contributed by atoms with Crippen molar-refractivity contribution in [3.8, 4) is 0 Å². The molecular formula is C8H11N3OS2. The molecule has 0 aliphatic carbocycles. The van der Waals surface area contributed by atoms with Gasteiger partial charge in [0, 0.05) is 13.6 Å². The summed E-state index contributed by atoms with van der Waals surface area (Å²) in [7, 11) is 1.84. The Morgan fingerprint density at radius 2 is 2.36 bits per heavy atom. The minimum atomic E-state index is 0.0485. The fourth-order valence-corrected chi connectivity index (χ4v) is 3.50. The van der Waals surface area contributed by atoms with E-state index < -0.39 is 0 Å². The lowest BCUT2D eigenvalue weighted by atomic mass is 10.4. The second kappa shape index (κ2) is 3.86. The second-order valence-electron chi connectivity index (χ2n) is 3.24. The van der Waals surface area contributed by atoms with E-state index in [2.05, 4.69) is 10.2 Å². The number of nitrogens with zero attached hydrogens (tertiary/aromatic N) is 3. The lowest BCUT2D eigenvalue weighted by Crippen LogP contribution is -2.23. The van der Waals surface area contributed by atoms with Gasteiger partial charge in [0.05, 0.1) is 5.25 Å². The third-order valence-corrected chi connectivity index (χ3v) is 4.31. The highest BCUT2D eigenvalue weighted by molar-refractivity contribution is 8.02. The summed E-state index contributed by atoms with van der Waals surface area (Å²) in [4.78, 5) is 13.3. The first kappa shape index (κ1) is 9.92. The van der Waals surface area contributed by atoms with E-state index in [1.807, 2.05) is 14.0 Å². The Balaban J connectivity index is 2.02. The van der Waals surface area contributed by atoms with Crippen LogP contribution in [-0.2, 0) is 4.79 Å². The van der Waals surface area contributed by atoms with Crippen LogP contribution < -0.4 is 0 Å². The van der Waals surface area contributed by atoms with E-state index in [1.54, 1.807) is 16.2 Å². The van der Waals surface area contributed by atoms with Crippen molar-refractivity contribution in [2.45, 2.75) is 22.9 Å². The largest absolute Gasteiger partial charge is 0.345 e. The zero-order chi connectivity index (χ0) is 10.1. The topological polar surface area (TPSA) is 46.1 Å². The molecule has 1 atom stereocenters. The second-order valence-corrected chi connectivity index (χ2v) is 5.87. The zero-order valence-corrected chi connectivity index (χ0v) is 9.69. The highest BCUT2D eigenvalue weighted by Crippen LogP contribution is 2.31. The Kier molecular flexibility index (Phi) is 2.73. The Morgan fingerprint density at radius 1 is 1.57 bits per heavy atom. The SMILES string of the molecule is Cc1nnc(SC2CCN(C)C2=O)s1. The third-order valence-electron chi connectivity index (χ3n) is 2.13. The molecule has 1 unspecified atom stereocenters. The molecule has 0 saturated carbocycles. The molecule has 1 aromatic heterocycles. The van der Waals surface area contributed by atoms with Gasteiger partial charge in [0.2, 0.25) is 5.91 Å². The highest BCUT2D eigenvalue weighted by atomic mass is 32.2. The maximum absolute atomic E-state index is 11.6. The van der Waals surface area contributed by atoms with Gasteiger partial charge in [-0.2, -0.15) is 0 Å². The lowest BCUT2D eigenvalue weighted by molar-refractivity contribution is -0.126. The maximum Gasteiger partial charge on any atom is 0.235 e. The smallest absolute Gasteiger partial charge is 0.235 e. The molecule has 1 aliphatic heterocycles. The molecule has 0 bridgehead atoms. The number of hydrogen-bond acceptors (Lipinski definition) is 5. The van der Waals surface area contributed by atoms with E-state index in [0.29, 0.717) is 0 Å². The Bertz CT molecular complexity index is 352. The van der Waals surface area contributed by atoms with E-state index >= 15 is 0 Å². The number of thioether (sulfide) groups is 1. The van der Waals surface area contributed by atoms with Crippen LogP contribution in [0.2, 0.25) is 0 Å². The van der Waals surface area contributed by atoms with E-state index in [9.17, 15) is 4.79 Å². The van der Waals surface area contributed by atoms with Crippen molar-refractivity contribution in [3.63, 3.8) is 0 Å². The standard InChI is InChI=1S/C8H11N3OS2/c1-5-9-10-8(13-5)14-6-3-4-11(2)7(6)12/h6H,3-4H2,1-2H3. The Labute approximate surface area is 90.7 Å². The van der Waals surface area contributed by atoms with Crippen LogP contribution in [0.1, 0.15) is 11.4 Å². The molecule has 0 N–H and O–H groups in total. The van der Waals surface area contributed by atoms with Gasteiger partial charge in [-0.1, -0.05) is 23.1 Å². The summed E-state index contributed by atoms with van der Waals surface area (Å²) in [5.41, 5.74) is 0. The van der Waals surface area contributed by atoms with Crippen LogP contribution in [0.4, 0.5) is 0 Å². The van der Waals surface area contributed by atoms with Crippen molar-refractivity contribution >= 4 is 29.0 Å². The number of aryl methyl sites for hydroxylation is 1. The van der Waals surface area contributed by atoms with Crippen LogP contribution in [0.15, 0.2) is 4.34 Å². The minimum absolute atomic E-state index is 0.0485. The molecule has 6 heteroatoms. The summed E-state index contributed by atoms with van der Waals surface area (Å²) in [5, 5.41) is 8.92. The van der Waals surface area contributed by atoms with Gasteiger partial charge in [0.1, 0.15) is 5.01 Å². The molecule has 1 saturated heterocycles. The average molecular weight is 229 g/mol. The highest BCUT2D eigenvalue weighted by Gasteiger charge is 2.30. The molecule has 0 radical (unpaired) electrons. The van der Waals surface area contributed by atoms with E-state index in [0.717, 1.165) is 22.3 Å². The van der Waals surface area contributed by atoms with Crippen LogP contribution in [-0.4, -0.2) is 39.8 Å². The van der Waals surface area contributed by atoms with E-state index in [-0.39, 0.29) is 11.2 Å². The van der Waals surface area contributed by atoms with Crippen LogP contribution >= 0.6 is 23.1 Å². The normalized spacial score (nSPS) is 22.0. The monoisotopic (exact) mass is 229 g/mol. The van der Waals surface area contributed by atoms with Crippen LogP contribution in [0, 0.1) is 6.92 Å². The first-order valence-corrected chi connectivity index (χ1v) is 6.08. The number of carbonyl (C=O) groups excluding carboxylic acids is 1. The fourth-order valence-electron chi connectivity index (χ4n) is 1.35. The van der Waals surface area contributed by atoms with Crippen molar-refractivity contribution in [3.05, 3.63) is 5.01 Å². The van der Waals surface area contributed by atoms with E-state index in [4.69, 9.17) is 0 Å². The molecule has 4 nitrogen and oxygen atoms in total. The van der Waals surface area contributed by atoms with Crippen LogP contribution in [0.3, 0.4) is 0 Å². The van der Waals surface area contributed by atoms with Crippen molar-refractivity contribution in [2.24, 2.45) is 0 Å². The molecule has 1 amide bonds. The average Bonchev–Trinajstić information content (AvgIpc) is 2.67. The zero-order valence-electron chi connectivity index (χ0n) is 8.06. The fraction of sp³-hybridized carbons (Fsp3) is 0.625. The maximum atomic E-state index is 11.6. The van der Waals surface area contributed by atoms with Crippen molar-refractivity contribution in [1.29, 1.82) is 0 Å². The molecule has 1 aliphatic rings. The number of hydrogen-bond donors (Lipinski definition) is 0. The predicted molar refractivity (Wildman–Crippen MR) is 56.5 cm³/mol. The lowest BCUT2D eigenvalue weighted by Gasteiger charge is -2.07. The molecule has 14 heavy (non-hydrogen) atoms. The molecule has 1 fully saturated rings. The molecule has 1 aromatic rings. The van der Waals surface area contributed by atoms with Crippen LogP contribution in [0.25, 0.3) is 0 Å². The summed E-state index contributed by atoms with van der Waals surface area (Å²) in [6.45, 7) is 2.78. The van der Waals surface area contributed by atoms with Gasteiger partial charge >= 0.3 is 0 Å². The number of carbonyl (C=O) groups is 1. The molecule has 0 aromatic carbocycles. The first-order chi connectivity index (χ1) is 6.66. The molecule has 2 rings (SSSR count). The Morgan fingerprint density at radius 3 is 2.86 bits per heavy atom. The Hall–Kier alpha value is -0.620. The predicted octanol–water partition coefficient (Wildman–Crippen LogP) is 1.17. The van der Waals surface area contributed by atoms with Gasteiger partial charge in [-0.3, -0.25) is 4.79 Å². The van der Waals surface area contributed by atoms with Gasteiger partial charge in [-0.25, -0.2) is 0 Å². The summed E-state index contributed by atoms with van der Waals surface area (Å²) in [6.07, 6.45) is 0.915. The summed E-state index contributed by atoms with van der Waals surface area (Å²) in [6, 6.07) is 0. The molecule has 0 spiro atoms. The van der Waals surface area contributed by atoms with Crippen molar-refractivity contribution in [2.75, 3.05) is 13.6 Å². The number of rotatable bonds is 2. The molecule has 76 valence electrons. The number of likely N-dealkylation sites (tertiary alicyclic amines) is 1. The number of aromatic nitrogens is 2. The van der Waals surface area contributed by atoms with Crippen molar-refractivity contribution < 1.29 is 4.79 Å². The first-order valence-electron chi connectivity index (χ1n) is 4.38. The van der Waals surface area contributed by atoms with Gasteiger partial charge in [0.25, 0.3) is 0 Å². The van der Waals surface area contributed by atoms with Gasteiger partial charge < -0.3 is 4.90 Å². The summed E-state index contributed by atoms with van der Waals surface area (Å²) >= 11 is 3.09. The molecular weight excluding hydrogens is 218 g/mol. The quantitative estimate of drug-likeness (QED) is 0.763.